The lowest BCUT2D eigenvalue weighted by Crippen LogP contribution is -2.40. The van der Waals surface area contributed by atoms with E-state index in [9.17, 15) is 4.79 Å². The summed E-state index contributed by atoms with van der Waals surface area (Å²) in [5.74, 6) is 0.797. The molecule has 5 heteroatoms. The number of amides is 1. The molecule has 0 bridgehead atoms. The molecule has 18 heavy (non-hydrogen) atoms. The van der Waals surface area contributed by atoms with Crippen LogP contribution in [0.2, 0.25) is 5.02 Å². The molecular formula is C13H17ClN2O2. The highest BCUT2D eigenvalue weighted by molar-refractivity contribution is 6.31. The topological polar surface area (TPSA) is 41.6 Å². The normalized spacial score (nSPS) is 17.2. The Morgan fingerprint density at radius 1 is 1.39 bits per heavy atom. The summed E-state index contributed by atoms with van der Waals surface area (Å²) >= 11 is 6.00. The molecule has 1 saturated heterocycles. The summed E-state index contributed by atoms with van der Waals surface area (Å²) in [6.07, 6.45) is 1.40. The van der Waals surface area contributed by atoms with Gasteiger partial charge in [0.2, 0.25) is 5.91 Å². The Labute approximate surface area is 112 Å². The standard InChI is InChI=1S/C13H17ClN2O2/c1-18-12-5-4-10(14)9-11(12)16-8-7-15-6-2-3-13(16)17/h4-5,9,15H,2-3,6-8H2,1H3. The van der Waals surface area contributed by atoms with Crippen LogP contribution < -0.4 is 15.0 Å². The predicted molar refractivity (Wildman–Crippen MR) is 72.5 cm³/mol. The van der Waals surface area contributed by atoms with Crippen LogP contribution in [0.25, 0.3) is 0 Å². The van der Waals surface area contributed by atoms with E-state index in [1.165, 1.54) is 0 Å². The van der Waals surface area contributed by atoms with Crippen LogP contribution in [-0.4, -0.2) is 32.7 Å². The van der Waals surface area contributed by atoms with Crippen LogP contribution in [0.3, 0.4) is 0 Å². The smallest absolute Gasteiger partial charge is 0.227 e. The van der Waals surface area contributed by atoms with Gasteiger partial charge in [0.05, 0.1) is 12.8 Å². The van der Waals surface area contributed by atoms with E-state index in [0.717, 1.165) is 25.2 Å². The van der Waals surface area contributed by atoms with E-state index < -0.39 is 0 Å². The Bertz CT molecular complexity index is 437. The van der Waals surface area contributed by atoms with Crippen molar-refractivity contribution in [2.75, 3.05) is 31.6 Å². The van der Waals surface area contributed by atoms with E-state index in [1.54, 1.807) is 30.2 Å². The van der Waals surface area contributed by atoms with Gasteiger partial charge in [-0.25, -0.2) is 0 Å². The minimum absolute atomic E-state index is 0.122. The Kier molecular flexibility index (Phi) is 4.44. The molecule has 4 nitrogen and oxygen atoms in total. The first-order chi connectivity index (χ1) is 8.72. The van der Waals surface area contributed by atoms with Crippen molar-refractivity contribution in [2.24, 2.45) is 0 Å². The number of nitrogens with one attached hydrogen (secondary N) is 1. The Balaban J connectivity index is 2.31. The first kappa shape index (κ1) is 13.2. The number of nitrogens with zero attached hydrogens (tertiary/aromatic N) is 1. The van der Waals surface area contributed by atoms with Gasteiger partial charge >= 0.3 is 0 Å². The van der Waals surface area contributed by atoms with E-state index in [4.69, 9.17) is 16.3 Å². The highest BCUT2D eigenvalue weighted by Crippen LogP contribution is 2.31. The van der Waals surface area contributed by atoms with Crippen molar-refractivity contribution in [3.8, 4) is 5.75 Å². The molecule has 1 aliphatic heterocycles. The van der Waals surface area contributed by atoms with Crippen molar-refractivity contribution in [1.82, 2.24) is 5.32 Å². The average Bonchev–Trinajstić information content (AvgIpc) is 2.34. The Morgan fingerprint density at radius 3 is 3.00 bits per heavy atom. The van der Waals surface area contributed by atoms with Gasteiger partial charge in [-0.15, -0.1) is 0 Å². The molecule has 0 aliphatic carbocycles. The van der Waals surface area contributed by atoms with Gasteiger partial charge in [0.15, 0.2) is 0 Å². The number of hydrogen-bond donors (Lipinski definition) is 1. The number of halogens is 1. The van der Waals surface area contributed by atoms with E-state index >= 15 is 0 Å². The number of rotatable bonds is 2. The van der Waals surface area contributed by atoms with Crippen molar-refractivity contribution in [2.45, 2.75) is 12.8 Å². The van der Waals surface area contributed by atoms with Gasteiger partial charge in [0, 0.05) is 24.5 Å². The zero-order valence-corrected chi connectivity index (χ0v) is 11.2. The molecule has 1 N–H and O–H groups in total. The number of ether oxygens (including phenoxy) is 1. The van der Waals surface area contributed by atoms with E-state index in [1.807, 2.05) is 0 Å². The summed E-state index contributed by atoms with van der Waals surface area (Å²) in [5.41, 5.74) is 0.749. The second-order valence-corrected chi connectivity index (χ2v) is 4.65. The lowest BCUT2D eigenvalue weighted by molar-refractivity contribution is -0.118. The van der Waals surface area contributed by atoms with Crippen molar-refractivity contribution in [3.05, 3.63) is 23.2 Å². The highest BCUT2D eigenvalue weighted by Gasteiger charge is 2.20. The van der Waals surface area contributed by atoms with Crippen molar-refractivity contribution < 1.29 is 9.53 Å². The van der Waals surface area contributed by atoms with Gasteiger partial charge in [-0.3, -0.25) is 4.79 Å². The zero-order chi connectivity index (χ0) is 13.0. The Hall–Kier alpha value is -1.26. The Morgan fingerprint density at radius 2 is 2.22 bits per heavy atom. The third-order valence-electron chi connectivity index (χ3n) is 2.99. The van der Waals surface area contributed by atoms with Crippen molar-refractivity contribution >= 4 is 23.2 Å². The van der Waals surface area contributed by atoms with Gasteiger partial charge in [0.1, 0.15) is 5.75 Å². The molecular weight excluding hydrogens is 252 g/mol. The number of methoxy groups -OCH3 is 1. The second-order valence-electron chi connectivity index (χ2n) is 4.22. The van der Waals surface area contributed by atoms with E-state index in [-0.39, 0.29) is 5.91 Å². The number of benzene rings is 1. The largest absolute Gasteiger partial charge is 0.495 e. The monoisotopic (exact) mass is 268 g/mol. The van der Waals surface area contributed by atoms with Crippen molar-refractivity contribution in [1.29, 1.82) is 0 Å². The highest BCUT2D eigenvalue weighted by atomic mass is 35.5. The molecule has 0 radical (unpaired) electrons. The maximum Gasteiger partial charge on any atom is 0.227 e. The molecule has 1 heterocycles. The molecule has 1 fully saturated rings. The first-order valence-corrected chi connectivity index (χ1v) is 6.45. The quantitative estimate of drug-likeness (QED) is 0.893. The van der Waals surface area contributed by atoms with Crippen molar-refractivity contribution in [3.63, 3.8) is 0 Å². The maximum atomic E-state index is 12.1. The number of hydrogen-bond acceptors (Lipinski definition) is 3. The molecule has 0 spiro atoms. The van der Waals surface area contributed by atoms with Gasteiger partial charge in [-0.2, -0.15) is 0 Å². The lowest BCUT2D eigenvalue weighted by Gasteiger charge is -2.26. The molecule has 2 rings (SSSR count). The molecule has 1 amide bonds. The fourth-order valence-corrected chi connectivity index (χ4v) is 2.24. The fraction of sp³-hybridized carbons (Fsp3) is 0.462. The fourth-order valence-electron chi connectivity index (χ4n) is 2.07. The van der Waals surface area contributed by atoms with Crippen LogP contribution in [0, 0.1) is 0 Å². The molecule has 0 aromatic heterocycles. The molecule has 1 aromatic rings. The first-order valence-electron chi connectivity index (χ1n) is 6.07. The number of carbonyl (C=O) groups excluding carboxylic acids is 1. The SMILES string of the molecule is COc1ccc(Cl)cc1N1CCNCCCC1=O. The molecule has 0 unspecified atom stereocenters. The van der Waals surface area contributed by atoms with Gasteiger partial charge in [-0.05, 0) is 31.2 Å². The van der Waals surface area contributed by atoms with Crippen LogP contribution in [0.4, 0.5) is 5.69 Å². The summed E-state index contributed by atoms with van der Waals surface area (Å²) in [4.78, 5) is 13.9. The summed E-state index contributed by atoms with van der Waals surface area (Å²) in [7, 11) is 1.60. The van der Waals surface area contributed by atoms with Crippen LogP contribution in [0.5, 0.6) is 5.75 Å². The van der Waals surface area contributed by atoms with Crippen LogP contribution in [-0.2, 0) is 4.79 Å². The summed E-state index contributed by atoms with van der Waals surface area (Å²) < 4.78 is 5.30. The summed E-state index contributed by atoms with van der Waals surface area (Å²) in [6, 6.07) is 5.33. The second kappa shape index (κ2) is 6.07. The minimum atomic E-state index is 0.122. The lowest BCUT2D eigenvalue weighted by atomic mass is 10.2. The van der Waals surface area contributed by atoms with Gasteiger partial charge in [-0.1, -0.05) is 11.6 Å². The maximum absolute atomic E-state index is 12.1. The molecule has 1 aromatic carbocycles. The van der Waals surface area contributed by atoms with Crippen LogP contribution in [0.1, 0.15) is 12.8 Å². The van der Waals surface area contributed by atoms with Gasteiger partial charge < -0.3 is 15.0 Å². The number of carbonyl (C=O) groups is 1. The molecule has 1 aliphatic rings. The summed E-state index contributed by atoms with van der Waals surface area (Å²) in [6.45, 7) is 2.31. The average molecular weight is 269 g/mol. The third kappa shape index (κ3) is 2.94. The molecule has 0 saturated carbocycles. The zero-order valence-electron chi connectivity index (χ0n) is 10.4. The predicted octanol–water partition coefficient (Wildman–Crippen LogP) is 2.06. The van der Waals surface area contributed by atoms with E-state index in [0.29, 0.717) is 23.7 Å². The molecule has 98 valence electrons. The third-order valence-corrected chi connectivity index (χ3v) is 3.22. The van der Waals surface area contributed by atoms with Crippen LogP contribution >= 0.6 is 11.6 Å². The number of anilines is 1. The van der Waals surface area contributed by atoms with Crippen LogP contribution in [0.15, 0.2) is 18.2 Å². The summed E-state index contributed by atoms with van der Waals surface area (Å²) in [5, 5.41) is 3.90. The van der Waals surface area contributed by atoms with E-state index in [2.05, 4.69) is 5.32 Å². The van der Waals surface area contributed by atoms with Gasteiger partial charge in [0.25, 0.3) is 0 Å². The minimum Gasteiger partial charge on any atom is -0.495 e. The molecule has 0 atom stereocenters.